The molecule has 0 saturated heterocycles. The summed E-state index contributed by atoms with van der Waals surface area (Å²) in [6, 6.07) is 18.4. The summed E-state index contributed by atoms with van der Waals surface area (Å²) in [5, 5.41) is 4.93. The molecule has 0 atom stereocenters. The van der Waals surface area contributed by atoms with Gasteiger partial charge in [0.25, 0.3) is 5.91 Å². The Morgan fingerprint density at radius 2 is 1.91 bits per heavy atom. The number of anilines is 1. The molecule has 0 aliphatic heterocycles. The normalized spacial score (nSPS) is 10.6. The van der Waals surface area contributed by atoms with E-state index in [4.69, 9.17) is 17.0 Å². The second-order valence-electron chi connectivity index (χ2n) is 7.18. The van der Waals surface area contributed by atoms with Crippen molar-refractivity contribution in [1.82, 2.24) is 15.3 Å². The first-order chi connectivity index (χ1) is 16.1. The Balaban J connectivity index is 1.71. The van der Waals surface area contributed by atoms with Gasteiger partial charge in [-0.05, 0) is 54.4 Å². The summed E-state index contributed by atoms with van der Waals surface area (Å²) in [4.78, 5) is 34.2. The van der Waals surface area contributed by atoms with E-state index >= 15 is 0 Å². The molecule has 4 aromatic rings. The number of nitrogens with one attached hydrogen (secondary N) is 2. The molecule has 0 fully saturated rings. The summed E-state index contributed by atoms with van der Waals surface area (Å²) in [7, 11) is 0. The average molecular weight is 459 g/mol. The number of thiocarbonyl (C=S) groups is 1. The van der Waals surface area contributed by atoms with Crippen LogP contribution in [0.3, 0.4) is 0 Å². The topological polar surface area (TPSA) is 87.3 Å². The van der Waals surface area contributed by atoms with E-state index in [-0.39, 0.29) is 23.3 Å². The number of esters is 1. The van der Waals surface area contributed by atoms with Gasteiger partial charge >= 0.3 is 5.97 Å². The molecule has 0 spiro atoms. The van der Waals surface area contributed by atoms with Crippen LogP contribution in [-0.4, -0.2) is 33.6 Å². The molecule has 7 nitrogen and oxygen atoms in total. The van der Waals surface area contributed by atoms with Crippen molar-refractivity contribution in [3.8, 4) is 0 Å². The zero-order valence-corrected chi connectivity index (χ0v) is 18.8. The van der Waals surface area contributed by atoms with Gasteiger partial charge in [0.1, 0.15) is 5.69 Å². The van der Waals surface area contributed by atoms with Crippen LogP contribution in [-0.2, 0) is 11.3 Å². The Bertz CT molecular complexity index is 1300. The molecule has 33 heavy (non-hydrogen) atoms. The summed E-state index contributed by atoms with van der Waals surface area (Å²) in [6.07, 6.45) is 5.16. The van der Waals surface area contributed by atoms with Crippen molar-refractivity contribution in [3.63, 3.8) is 0 Å². The molecular weight excluding hydrogens is 436 g/mol. The van der Waals surface area contributed by atoms with E-state index in [0.717, 1.165) is 16.3 Å². The second kappa shape index (κ2) is 10.1. The lowest BCUT2D eigenvalue weighted by Gasteiger charge is -2.26. The van der Waals surface area contributed by atoms with Gasteiger partial charge < -0.3 is 14.6 Å². The highest BCUT2D eigenvalue weighted by Gasteiger charge is 2.24. The van der Waals surface area contributed by atoms with E-state index in [2.05, 4.69) is 15.3 Å². The number of amides is 1. The molecule has 1 amide bonds. The van der Waals surface area contributed by atoms with Gasteiger partial charge in [-0.3, -0.25) is 15.1 Å². The molecule has 4 rings (SSSR count). The minimum atomic E-state index is -0.501. The molecule has 0 aliphatic carbocycles. The fraction of sp³-hybridized carbons (Fsp3) is 0.120. The van der Waals surface area contributed by atoms with Crippen molar-refractivity contribution >= 4 is 45.7 Å². The Morgan fingerprint density at radius 3 is 2.70 bits per heavy atom. The van der Waals surface area contributed by atoms with Crippen LogP contribution >= 0.6 is 12.2 Å². The van der Waals surface area contributed by atoms with Gasteiger partial charge in [0, 0.05) is 29.5 Å². The molecule has 166 valence electrons. The lowest BCUT2D eigenvalue weighted by Crippen LogP contribution is -2.43. The molecule has 0 radical (unpaired) electrons. The Morgan fingerprint density at radius 1 is 1.09 bits per heavy atom. The van der Waals surface area contributed by atoms with Crippen LogP contribution in [0.5, 0.6) is 0 Å². The van der Waals surface area contributed by atoms with Crippen molar-refractivity contribution in [2.24, 2.45) is 0 Å². The van der Waals surface area contributed by atoms with Crippen molar-refractivity contribution < 1.29 is 14.3 Å². The smallest absolute Gasteiger partial charge is 0.356 e. The quantitative estimate of drug-likeness (QED) is 0.328. The maximum absolute atomic E-state index is 12.8. The van der Waals surface area contributed by atoms with Gasteiger partial charge in [-0.2, -0.15) is 0 Å². The third-order valence-corrected chi connectivity index (χ3v) is 5.42. The summed E-state index contributed by atoms with van der Waals surface area (Å²) >= 11 is 5.64. The Hall–Kier alpha value is -4.04. The van der Waals surface area contributed by atoms with E-state index in [9.17, 15) is 9.59 Å². The maximum atomic E-state index is 12.8. The molecule has 0 bridgehead atoms. The average Bonchev–Trinajstić information content (AvgIpc) is 3.33. The van der Waals surface area contributed by atoms with E-state index in [1.807, 2.05) is 30.3 Å². The van der Waals surface area contributed by atoms with Gasteiger partial charge in [-0.15, -0.1) is 0 Å². The highest BCUT2D eigenvalue weighted by atomic mass is 32.1. The lowest BCUT2D eigenvalue weighted by molar-refractivity contribution is 0.0521. The van der Waals surface area contributed by atoms with Gasteiger partial charge in [0.15, 0.2) is 5.11 Å². The number of rotatable bonds is 6. The third kappa shape index (κ3) is 4.91. The van der Waals surface area contributed by atoms with E-state index in [1.54, 1.807) is 60.7 Å². The van der Waals surface area contributed by atoms with Crippen LogP contribution in [0.2, 0.25) is 0 Å². The second-order valence-corrected chi connectivity index (χ2v) is 7.57. The van der Waals surface area contributed by atoms with Gasteiger partial charge in [0.05, 0.1) is 18.8 Å². The van der Waals surface area contributed by atoms with E-state index in [1.165, 1.54) is 0 Å². The van der Waals surface area contributed by atoms with Crippen molar-refractivity contribution in [1.29, 1.82) is 0 Å². The molecule has 2 N–H and O–H groups in total. The highest BCUT2D eigenvalue weighted by Crippen LogP contribution is 2.26. The molecule has 0 unspecified atom stereocenters. The number of aromatic nitrogens is 2. The van der Waals surface area contributed by atoms with E-state index < -0.39 is 5.97 Å². The number of benzene rings is 2. The summed E-state index contributed by atoms with van der Waals surface area (Å²) in [5.74, 6) is -0.835. The van der Waals surface area contributed by atoms with Gasteiger partial charge in [-0.25, -0.2) is 4.79 Å². The summed E-state index contributed by atoms with van der Waals surface area (Å²) in [6.45, 7) is 2.29. The molecule has 2 aromatic carbocycles. The van der Waals surface area contributed by atoms with E-state index in [0.29, 0.717) is 17.8 Å². The van der Waals surface area contributed by atoms with Crippen LogP contribution in [0, 0.1) is 0 Å². The number of hydrogen-bond acceptors (Lipinski definition) is 5. The van der Waals surface area contributed by atoms with Crippen molar-refractivity contribution in [2.75, 3.05) is 11.5 Å². The summed E-state index contributed by atoms with van der Waals surface area (Å²) < 4.78 is 5.19. The molecule has 2 heterocycles. The molecule has 8 heteroatoms. The highest BCUT2D eigenvalue weighted by molar-refractivity contribution is 7.80. The zero-order valence-electron chi connectivity index (χ0n) is 17.9. The minimum Gasteiger partial charge on any atom is -0.461 e. The Labute approximate surface area is 196 Å². The van der Waals surface area contributed by atoms with Crippen LogP contribution in [0.1, 0.15) is 33.3 Å². The maximum Gasteiger partial charge on any atom is 0.356 e. The zero-order chi connectivity index (χ0) is 23.2. The van der Waals surface area contributed by atoms with Crippen LogP contribution in [0.4, 0.5) is 5.69 Å². The largest absolute Gasteiger partial charge is 0.461 e. The standard InChI is InChI=1S/C25H22N4O3S/c1-2-32-24(31)22-21(12-14-27-22)29(25(33)28-23(30)18-7-4-3-5-8-18)16-19-10-6-9-17-11-13-26-15-20(17)19/h3-15,27H,2,16H2,1H3,(H,28,30,33). The predicted molar refractivity (Wildman–Crippen MR) is 131 cm³/mol. The third-order valence-electron chi connectivity index (χ3n) is 5.10. The van der Waals surface area contributed by atoms with Crippen molar-refractivity contribution in [2.45, 2.75) is 13.5 Å². The first-order valence-electron chi connectivity index (χ1n) is 10.4. The number of nitrogens with zero attached hydrogens (tertiary/aromatic N) is 2. The number of pyridine rings is 1. The first kappa shape index (κ1) is 22.2. The van der Waals surface area contributed by atoms with Crippen molar-refractivity contribution in [3.05, 3.63) is 96.1 Å². The number of hydrogen-bond donors (Lipinski definition) is 2. The molecule has 0 saturated carbocycles. The van der Waals surface area contributed by atoms with Crippen LogP contribution in [0.25, 0.3) is 10.8 Å². The number of carbonyl (C=O) groups excluding carboxylic acids is 2. The fourth-order valence-electron chi connectivity index (χ4n) is 3.53. The number of aromatic amines is 1. The monoisotopic (exact) mass is 458 g/mol. The number of H-pyrrole nitrogens is 1. The van der Waals surface area contributed by atoms with Crippen LogP contribution in [0.15, 0.2) is 79.3 Å². The lowest BCUT2D eigenvalue weighted by atomic mass is 10.1. The first-order valence-corrected chi connectivity index (χ1v) is 10.8. The predicted octanol–water partition coefficient (Wildman–Crippen LogP) is 4.46. The molecule has 2 aromatic heterocycles. The summed E-state index contributed by atoms with van der Waals surface area (Å²) in [5.41, 5.74) is 2.18. The fourth-order valence-corrected chi connectivity index (χ4v) is 3.79. The van der Waals surface area contributed by atoms with Gasteiger partial charge in [-0.1, -0.05) is 36.4 Å². The SMILES string of the molecule is CCOC(=O)c1[nH]ccc1N(Cc1cccc2ccncc12)C(=S)NC(=O)c1ccccc1. The van der Waals surface area contributed by atoms with Crippen LogP contribution < -0.4 is 10.2 Å². The number of ether oxygens (including phenoxy) is 1. The molecular formula is C25H22N4O3S. The Kier molecular flexibility index (Phi) is 6.75. The molecule has 0 aliphatic rings. The number of fused-ring (bicyclic) bond motifs is 1. The number of carbonyl (C=O) groups is 2. The minimum absolute atomic E-state index is 0.162. The van der Waals surface area contributed by atoms with Gasteiger partial charge in [0.2, 0.25) is 0 Å².